The van der Waals surface area contributed by atoms with Crippen LogP contribution in [0, 0.1) is 0 Å². The van der Waals surface area contributed by atoms with Gasteiger partial charge in [-0.25, -0.2) is 13.2 Å². The SMILES string of the molecule is CC1CCCCN1S(=O)(=O)c1cc(C(=O)O)n(C(C)C)c1. The minimum Gasteiger partial charge on any atom is -0.477 e. The van der Waals surface area contributed by atoms with Gasteiger partial charge in [0.1, 0.15) is 10.6 Å². The predicted octanol–water partition coefficient (Wildman–Crippen LogP) is 2.33. The number of rotatable bonds is 4. The van der Waals surface area contributed by atoms with E-state index in [4.69, 9.17) is 0 Å². The molecule has 1 aliphatic heterocycles. The first-order chi connectivity index (χ1) is 9.75. The molecule has 1 unspecified atom stereocenters. The molecule has 1 atom stereocenters. The number of aromatic carboxylic acids is 1. The van der Waals surface area contributed by atoms with Crippen LogP contribution < -0.4 is 0 Å². The largest absolute Gasteiger partial charge is 0.477 e. The molecular weight excluding hydrogens is 292 g/mol. The number of piperidine rings is 1. The third kappa shape index (κ3) is 2.98. The summed E-state index contributed by atoms with van der Waals surface area (Å²) in [5.41, 5.74) is 0.00763. The summed E-state index contributed by atoms with van der Waals surface area (Å²) >= 11 is 0. The molecular formula is C14H22N2O4S. The van der Waals surface area contributed by atoms with Gasteiger partial charge in [0.05, 0.1) is 0 Å². The number of hydrogen-bond donors (Lipinski definition) is 1. The third-order valence-corrected chi connectivity index (χ3v) is 5.93. The quantitative estimate of drug-likeness (QED) is 0.925. The molecule has 0 amide bonds. The molecule has 0 aliphatic carbocycles. The number of hydrogen-bond acceptors (Lipinski definition) is 3. The van der Waals surface area contributed by atoms with Crippen LogP contribution in [0.3, 0.4) is 0 Å². The van der Waals surface area contributed by atoms with Crippen LogP contribution in [0.1, 0.15) is 56.6 Å². The van der Waals surface area contributed by atoms with E-state index in [-0.39, 0.29) is 22.7 Å². The van der Waals surface area contributed by atoms with Gasteiger partial charge in [0.2, 0.25) is 10.0 Å². The van der Waals surface area contributed by atoms with Crippen LogP contribution in [-0.4, -0.2) is 41.0 Å². The van der Waals surface area contributed by atoms with Gasteiger partial charge in [-0.05, 0) is 39.7 Å². The van der Waals surface area contributed by atoms with Gasteiger partial charge in [-0.1, -0.05) is 6.42 Å². The van der Waals surface area contributed by atoms with Gasteiger partial charge < -0.3 is 9.67 Å². The van der Waals surface area contributed by atoms with Gasteiger partial charge in [0.25, 0.3) is 0 Å². The highest BCUT2D eigenvalue weighted by Crippen LogP contribution is 2.27. The van der Waals surface area contributed by atoms with Crippen LogP contribution in [0.4, 0.5) is 0 Å². The lowest BCUT2D eigenvalue weighted by atomic mass is 10.1. The molecule has 1 saturated heterocycles. The third-order valence-electron chi connectivity index (χ3n) is 3.95. The maximum Gasteiger partial charge on any atom is 0.352 e. The molecule has 0 radical (unpaired) electrons. The summed E-state index contributed by atoms with van der Waals surface area (Å²) in [6.45, 7) is 6.05. The zero-order chi connectivity index (χ0) is 15.8. The van der Waals surface area contributed by atoms with E-state index in [1.54, 1.807) is 0 Å². The van der Waals surface area contributed by atoms with Crippen molar-refractivity contribution in [2.45, 2.75) is 57.0 Å². The van der Waals surface area contributed by atoms with Crippen molar-refractivity contribution in [3.63, 3.8) is 0 Å². The van der Waals surface area contributed by atoms with Gasteiger partial charge in [-0.2, -0.15) is 4.31 Å². The van der Waals surface area contributed by atoms with Crippen LogP contribution in [0.25, 0.3) is 0 Å². The smallest absolute Gasteiger partial charge is 0.352 e. The Morgan fingerprint density at radius 3 is 2.52 bits per heavy atom. The second-order valence-electron chi connectivity index (χ2n) is 5.83. The molecule has 1 N–H and O–H groups in total. The van der Waals surface area contributed by atoms with Crippen LogP contribution in [0.2, 0.25) is 0 Å². The van der Waals surface area contributed by atoms with E-state index in [0.717, 1.165) is 19.3 Å². The fourth-order valence-corrected chi connectivity index (χ4v) is 4.48. The summed E-state index contributed by atoms with van der Waals surface area (Å²) in [7, 11) is -3.63. The average Bonchev–Trinajstić information content (AvgIpc) is 2.85. The summed E-state index contributed by atoms with van der Waals surface area (Å²) in [4.78, 5) is 11.3. The molecule has 6 nitrogen and oxygen atoms in total. The first kappa shape index (κ1) is 16.0. The normalized spacial score (nSPS) is 20.9. The molecule has 1 aliphatic rings. The highest BCUT2D eigenvalue weighted by Gasteiger charge is 2.33. The number of carbonyl (C=O) groups is 1. The lowest BCUT2D eigenvalue weighted by Crippen LogP contribution is -2.41. The van der Waals surface area contributed by atoms with Gasteiger partial charge >= 0.3 is 5.97 Å². The number of nitrogens with zero attached hydrogens (tertiary/aromatic N) is 2. The van der Waals surface area contributed by atoms with Crippen molar-refractivity contribution in [1.82, 2.24) is 8.87 Å². The molecule has 1 aromatic heterocycles. The first-order valence-corrected chi connectivity index (χ1v) is 8.66. The van der Waals surface area contributed by atoms with Crippen molar-refractivity contribution >= 4 is 16.0 Å². The van der Waals surface area contributed by atoms with Crippen molar-refractivity contribution in [2.24, 2.45) is 0 Å². The van der Waals surface area contributed by atoms with Gasteiger partial charge in [-0.3, -0.25) is 0 Å². The van der Waals surface area contributed by atoms with E-state index in [0.29, 0.717) is 6.54 Å². The van der Waals surface area contributed by atoms with E-state index < -0.39 is 16.0 Å². The molecule has 7 heteroatoms. The van der Waals surface area contributed by atoms with Crippen molar-refractivity contribution < 1.29 is 18.3 Å². The number of carboxylic acid groups (broad SMARTS) is 1. The Labute approximate surface area is 125 Å². The monoisotopic (exact) mass is 314 g/mol. The molecule has 0 spiro atoms. The standard InChI is InChI=1S/C14H22N2O4S/c1-10(2)15-9-12(8-13(15)14(17)18)21(19,20)16-7-5-4-6-11(16)3/h8-11H,4-7H2,1-3H3,(H,17,18). The van der Waals surface area contributed by atoms with Crippen LogP contribution in [-0.2, 0) is 10.0 Å². The van der Waals surface area contributed by atoms with Crippen LogP contribution in [0.5, 0.6) is 0 Å². The highest BCUT2D eigenvalue weighted by atomic mass is 32.2. The van der Waals surface area contributed by atoms with Crippen molar-refractivity contribution in [3.8, 4) is 0 Å². The fourth-order valence-electron chi connectivity index (χ4n) is 2.76. The number of carboxylic acids is 1. The fraction of sp³-hybridized carbons (Fsp3) is 0.643. The molecule has 0 bridgehead atoms. The van der Waals surface area contributed by atoms with E-state index in [2.05, 4.69) is 0 Å². The summed E-state index contributed by atoms with van der Waals surface area (Å²) in [5.74, 6) is -1.11. The van der Waals surface area contributed by atoms with Gasteiger partial charge in [0.15, 0.2) is 0 Å². The highest BCUT2D eigenvalue weighted by molar-refractivity contribution is 7.89. The van der Waals surface area contributed by atoms with E-state index in [1.807, 2.05) is 20.8 Å². The Morgan fingerprint density at radius 2 is 2.05 bits per heavy atom. The first-order valence-electron chi connectivity index (χ1n) is 7.22. The minimum atomic E-state index is -3.63. The molecule has 2 rings (SSSR count). The molecule has 2 heterocycles. The van der Waals surface area contributed by atoms with Crippen LogP contribution >= 0.6 is 0 Å². The Kier molecular flexibility index (Phi) is 4.43. The lowest BCUT2D eigenvalue weighted by molar-refractivity contribution is 0.0683. The van der Waals surface area contributed by atoms with Gasteiger partial charge in [-0.15, -0.1) is 0 Å². The maximum atomic E-state index is 12.7. The van der Waals surface area contributed by atoms with E-state index in [1.165, 1.54) is 21.1 Å². The lowest BCUT2D eigenvalue weighted by Gasteiger charge is -2.31. The summed E-state index contributed by atoms with van der Waals surface area (Å²) < 4.78 is 28.4. The van der Waals surface area contributed by atoms with Crippen molar-refractivity contribution in [1.29, 1.82) is 0 Å². The summed E-state index contributed by atoms with van der Waals surface area (Å²) in [6, 6.07) is 1.11. The molecule has 0 aromatic carbocycles. The molecule has 1 aromatic rings. The predicted molar refractivity (Wildman–Crippen MR) is 79.0 cm³/mol. The summed E-state index contributed by atoms with van der Waals surface area (Å²) in [6.07, 6.45) is 4.15. The Hall–Kier alpha value is -1.34. The molecule has 21 heavy (non-hydrogen) atoms. The van der Waals surface area contributed by atoms with Gasteiger partial charge in [0, 0.05) is 24.8 Å². The average molecular weight is 314 g/mol. The van der Waals surface area contributed by atoms with E-state index in [9.17, 15) is 18.3 Å². The second-order valence-corrected chi connectivity index (χ2v) is 7.72. The topological polar surface area (TPSA) is 79.6 Å². The Morgan fingerprint density at radius 1 is 1.38 bits per heavy atom. The maximum absolute atomic E-state index is 12.7. The van der Waals surface area contributed by atoms with E-state index >= 15 is 0 Å². The Bertz CT molecular complexity index is 633. The zero-order valence-corrected chi connectivity index (χ0v) is 13.4. The van der Waals surface area contributed by atoms with Crippen LogP contribution in [0.15, 0.2) is 17.2 Å². The minimum absolute atomic E-state index is 0.00763. The Balaban J connectivity index is 2.45. The molecule has 1 fully saturated rings. The van der Waals surface area contributed by atoms with Crippen molar-refractivity contribution in [2.75, 3.05) is 6.54 Å². The van der Waals surface area contributed by atoms with Crippen molar-refractivity contribution in [3.05, 3.63) is 18.0 Å². The second kappa shape index (κ2) is 5.81. The summed E-state index contributed by atoms with van der Waals surface area (Å²) in [5, 5.41) is 9.23. The molecule has 0 saturated carbocycles. The molecule has 118 valence electrons. The number of aromatic nitrogens is 1. The zero-order valence-electron chi connectivity index (χ0n) is 12.6. The number of sulfonamides is 1.